The summed E-state index contributed by atoms with van der Waals surface area (Å²) in [6, 6.07) is 80.5. The van der Waals surface area contributed by atoms with E-state index in [2.05, 4.69) is 332 Å². The van der Waals surface area contributed by atoms with Crippen LogP contribution in [0.15, 0.2) is 206 Å². The van der Waals surface area contributed by atoms with Crippen LogP contribution in [-0.4, -0.2) is 6.85 Å². The van der Waals surface area contributed by atoms with Crippen LogP contribution in [0.1, 0.15) is 155 Å². The van der Waals surface area contributed by atoms with Crippen molar-refractivity contribution in [1.29, 1.82) is 0 Å². The summed E-state index contributed by atoms with van der Waals surface area (Å²) in [7, 11) is 0. The summed E-state index contributed by atoms with van der Waals surface area (Å²) in [6.45, 7) is 37.4. The maximum atomic E-state index is 2.76. The predicted molar refractivity (Wildman–Crippen MR) is 370 cm³/mol. The zero-order chi connectivity index (χ0) is 60.4. The van der Waals surface area contributed by atoms with Crippen molar-refractivity contribution in [2.75, 3.05) is 14.6 Å². The van der Waals surface area contributed by atoms with E-state index in [-0.39, 0.29) is 39.3 Å². The molecule has 2 aliphatic carbocycles. The number of rotatable bonds is 6. The molecule has 0 radical (unpaired) electrons. The standard InChI is InChI=1S/C82H82BN3/c1-77(2,3)52-30-37-56(38-31-52)84(57-39-32-53(33-40-57)78(4,5)6)59-43-45-72-70(47-59)83-75-66(64-48-63-60-26-20-22-28-67(60)81(13,14)69(63)50-73(64)86(83)58-41-34-54(35-42-58)79(7,8)9)49-65-61-27-21-23-29-68(61)82(15,16)74(65)76(75)85(72)71-44-36-55(80(10,11)12)46-62(71)51-24-18-17-19-25-51/h17-50H,1-16H3. The monoisotopic (exact) mass is 1120 g/mol. The van der Waals surface area contributed by atoms with Gasteiger partial charge in [0.15, 0.2) is 0 Å². The van der Waals surface area contributed by atoms with Crippen LogP contribution in [0, 0.1) is 0 Å². The van der Waals surface area contributed by atoms with E-state index in [0.717, 1.165) is 17.1 Å². The SMILES string of the molecule is CC(C)(C)c1ccc(N2B3c4cc(N(c5ccc(C(C)(C)C)cc5)c5ccc(C(C)(C)C)cc5)ccc4N(c4ccc(C(C)(C)C)cc4-c4ccccc4)c4c3c(cc3c4C(C)(C)c4ccccc4-3)-c3cc4c(cc32)C(C)(C)c2ccccc2-4)cc1. The normalized spacial score (nSPS) is 15.1. The van der Waals surface area contributed by atoms with E-state index in [1.807, 2.05) is 0 Å². The Balaban J connectivity index is 1.15. The molecule has 4 heteroatoms. The lowest BCUT2D eigenvalue weighted by molar-refractivity contribution is 0.590. The number of anilines is 8. The molecule has 3 nitrogen and oxygen atoms in total. The largest absolute Gasteiger partial charge is 0.376 e. The van der Waals surface area contributed by atoms with Crippen molar-refractivity contribution in [3.8, 4) is 44.5 Å². The maximum absolute atomic E-state index is 2.76. The van der Waals surface area contributed by atoms with Gasteiger partial charge in [0.25, 0.3) is 0 Å². The van der Waals surface area contributed by atoms with Gasteiger partial charge in [-0.1, -0.05) is 232 Å². The lowest BCUT2D eigenvalue weighted by Gasteiger charge is -2.48. The van der Waals surface area contributed by atoms with E-state index in [1.165, 1.54) is 128 Å². The Labute approximate surface area is 513 Å². The minimum Gasteiger partial charge on any atom is -0.376 e. The van der Waals surface area contributed by atoms with Gasteiger partial charge in [0, 0.05) is 61.8 Å². The van der Waals surface area contributed by atoms with Crippen molar-refractivity contribution in [3.05, 3.63) is 251 Å². The molecular weight excluding hydrogens is 1040 g/mol. The number of fused-ring (bicyclic) bond motifs is 11. The zero-order valence-electron chi connectivity index (χ0n) is 53.5. The van der Waals surface area contributed by atoms with Crippen molar-refractivity contribution in [2.45, 2.75) is 143 Å². The van der Waals surface area contributed by atoms with E-state index >= 15 is 0 Å². The second-order valence-corrected chi connectivity index (χ2v) is 30.3. The predicted octanol–water partition coefficient (Wildman–Crippen LogP) is 21.3. The Morgan fingerprint density at radius 3 is 1.40 bits per heavy atom. The summed E-state index contributed by atoms with van der Waals surface area (Å²) in [5.74, 6) is 0. The smallest absolute Gasteiger partial charge is 0.333 e. The van der Waals surface area contributed by atoms with E-state index in [0.29, 0.717) is 0 Å². The van der Waals surface area contributed by atoms with Crippen LogP contribution in [0.2, 0.25) is 0 Å². The molecule has 10 aromatic rings. The summed E-state index contributed by atoms with van der Waals surface area (Å²) in [4.78, 5) is 7.99. The molecular formula is C82H82BN3. The first kappa shape index (κ1) is 55.5. The Morgan fingerprint density at radius 2 is 0.826 bits per heavy atom. The van der Waals surface area contributed by atoms with Crippen molar-refractivity contribution in [1.82, 2.24) is 0 Å². The van der Waals surface area contributed by atoms with Gasteiger partial charge in [-0.3, -0.25) is 0 Å². The topological polar surface area (TPSA) is 9.72 Å². The second-order valence-electron chi connectivity index (χ2n) is 30.3. The minimum absolute atomic E-state index is 0.00182. The Hall–Kier alpha value is -8.34. The molecule has 0 bridgehead atoms. The molecule has 0 amide bonds. The number of hydrogen-bond donors (Lipinski definition) is 0. The second kappa shape index (κ2) is 19.1. The highest BCUT2D eigenvalue weighted by molar-refractivity contribution is 6.93. The van der Waals surface area contributed by atoms with Gasteiger partial charge in [-0.25, -0.2) is 0 Å². The molecule has 428 valence electrons. The van der Waals surface area contributed by atoms with E-state index < -0.39 is 0 Å². The van der Waals surface area contributed by atoms with Gasteiger partial charge >= 0.3 is 6.85 Å². The Kier molecular flexibility index (Phi) is 12.3. The molecule has 0 fully saturated rings. The maximum Gasteiger partial charge on any atom is 0.333 e. The lowest BCUT2D eigenvalue weighted by atomic mass is 9.42. The molecule has 0 saturated heterocycles. The number of hydrogen-bond acceptors (Lipinski definition) is 3. The third-order valence-corrected chi connectivity index (χ3v) is 19.8. The summed E-state index contributed by atoms with van der Waals surface area (Å²) in [6.07, 6.45) is 0. The molecule has 2 heterocycles. The van der Waals surface area contributed by atoms with E-state index in [9.17, 15) is 0 Å². The third-order valence-electron chi connectivity index (χ3n) is 19.8. The van der Waals surface area contributed by atoms with Crippen LogP contribution in [0.5, 0.6) is 0 Å². The summed E-state index contributed by atoms with van der Waals surface area (Å²) in [5.41, 5.74) is 32.3. The number of nitrogens with zero attached hydrogens (tertiary/aromatic N) is 3. The molecule has 0 spiro atoms. The van der Waals surface area contributed by atoms with Crippen molar-refractivity contribution in [2.24, 2.45) is 0 Å². The van der Waals surface area contributed by atoms with Crippen LogP contribution in [0.4, 0.5) is 45.5 Å². The van der Waals surface area contributed by atoms with Crippen LogP contribution in [-0.2, 0) is 32.5 Å². The van der Waals surface area contributed by atoms with E-state index in [4.69, 9.17) is 0 Å². The highest BCUT2D eigenvalue weighted by atomic mass is 15.2. The van der Waals surface area contributed by atoms with Crippen molar-refractivity contribution < 1.29 is 0 Å². The van der Waals surface area contributed by atoms with Gasteiger partial charge in [-0.05, 0) is 195 Å². The van der Waals surface area contributed by atoms with Crippen molar-refractivity contribution >= 4 is 63.3 Å². The molecule has 0 unspecified atom stereocenters. The molecule has 86 heavy (non-hydrogen) atoms. The first-order chi connectivity index (χ1) is 40.7. The Bertz CT molecular complexity index is 4300. The average molecular weight is 1120 g/mol. The molecule has 4 aliphatic rings. The summed E-state index contributed by atoms with van der Waals surface area (Å²) < 4.78 is 0. The van der Waals surface area contributed by atoms with Gasteiger partial charge in [0.05, 0.1) is 5.69 Å². The lowest BCUT2D eigenvalue weighted by Crippen LogP contribution is -2.62. The first-order valence-electron chi connectivity index (χ1n) is 31.4. The molecule has 0 saturated carbocycles. The fraction of sp³-hybridized carbons (Fsp3) is 0.268. The molecule has 14 rings (SSSR count). The minimum atomic E-state index is -0.357. The quantitative estimate of drug-likeness (QED) is 0.154. The van der Waals surface area contributed by atoms with Gasteiger partial charge in [0.2, 0.25) is 0 Å². The van der Waals surface area contributed by atoms with Gasteiger partial charge in [-0.15, -0.1) is 0 Å². The summed E-state index contributed by atoms with van der Waals surface area (Å²) in [5, 5.41) is 0. The van der Waals surface area contributed by atoms with E-state index in [1.54, 1.807) is 0 Å². The number of benzene rings is 10. The Morgan fingerprint density at radius 1 is 0.349 bits per heavy atom. The molecule has 10 aromatic carbocycles. The fourth-order valence-corrected chi connectivity index (χ4v) is 15.0. The van der Waals surface area contributed by atoms with Crippen molar-refractivity contribution in [3.63, 3.8) is 0 Å². The van der Waals surface area contributed by atoms with Gasteiger partial charge in [0.1, 0.15) is 0 Å². The third kappa shape index (κ3) is 8.58. The average Bonchev–Trinajstić information content (AvgIpc) is 1.24. The van der Waals surface area contributed by atoms with Crippen LogP contribution in [0.25, 0.3) is 44.5 Å². The zero-order valence-corrected chi connectivity index (χ0v) is 53.5. The van der Waals surface area contributed by atoms with Crippen LogP contribution < -0.4 is 25.5 Å². The van der Waals surface area contributed by atoms with Gasteiger partial charge in [-0.2, -0.15) is 0 Å². The van der Waals surface area contributed by atoms with Crippen LogP contribution >= 0.6 is 0 Å². The molecule has 0 N–H and O–H groups in total. The summed E-state index contributed by atoms with van der Waals surface area (Å²) >= 11 is 0. The van der Waals surface area contributed by atoms with Gasteiger partial charge < -0.3 is 14.6 Å². The highest BCUT2D eigenvalue weighted by Crippen LogP contribution is 2.61. The molecule has 0 atom stereocenters. The fourth-order valence-electron chi connectivity index (χ4n) is 15.0. The highest BCUT2D eigenvalue weighted by Gasteiger charge is 2.52. The molecule has 0 aromatic heterocycles. The first-order valence-corrected chi connectivity index (χ1v) is 31.4. The molecule has 2 aliphatic heterocycles. The van der Waals surface area contributed by atoms with Crippen LogP contribution in [0.3, 0.4) is 0 Å².